The van der Waals surface area contributed by atoms with E-state index in [9.17, 15) is 4.79 Å². The Bertz CT molecular complexity index is 1190. The van der Waals surface area contributed by atoms with Crippen molar-refractivity contribution in [2.24, 2.45) is 0 Å². The van der Waals surface area contributed by atoms with Gasteiger partial charge in [0.15, 0.2) is 5.65 Å². The summed E-state index contributed by atoms with van der Waals surface area (Å²) in [5.74, 6) is 1.73. The Kier molecular flexibility index (Phi) is 3.96. The van der Waals surface area contributed by atoms with Gasteiger partial charge in [0, 0.05) is 34.0 Å². The third-order valence-electron chi connectivity index (χ3n) is 4.98. The molecule has 0 bridgehead atoms. The normalized spacial score (nSPS) is 19.1. The third kappa shape index (κ3) is 2.73. The highest BCUT2D eigenvalue weighted by Crippen LogP contribution is 2.46. The van der Waals surface area contributed by atoms with Gasteiger partial charge in [-0.3, -0.25) is 9.78 Å². The number of halogens is 1. The van der Waals surface area contributed by atoms with Gasteiger partial charge in [-0.15, -0.1) is 0 Å². The van der Waals surface area contributed by atoms with Gasteiger partial charge in [-0.1, -0.05) is 0 Å². The van der Waals surface area contributed by atoms with Gasteiger partial charge in [-0.2, -0.15) is 5.10 Å². The molecule has 9 heteroatoms. The number of nitrogens with one attached hydrogen (secondary N) is 1. The van der Waals surface area contributed by atoms with E-state index < -0.39 is 0 Å². The van der Waals surface area contributed by atoms with Crippen LogP contribution in [0.15, 0.2) is 47.9 Å². The van der Waals surface area contributed by atoms with Crippen LogP contribution in [-0.4, -0.2) is 34.7 Å². The summed E-state index contributed by atoms with van der Waals surface area (Å²) in [4.78, 5) is 33.2. The van der Waals surface area contributed by atoms with E-state index in [1.807, 2.05) is 6.07 Å². The van der Waals surface area contributed by atoms with Crippen molar-refractivity contribution in [3.8, 4) is 5.69 Å². The molecule has 0 spiro atoms. The van der Waals surface area contributed by atoms with E-state index in [0.29, 0.717) is 16.9 Å². The highest BCUT2D eigenvalue weighted by molar-refractivity contribution is 14.1. The molecule has 134 valence electrons. The molecule has 1 aliphatic rings. The number of hydrogen-bond donors (Lipinski definition) is 1. The second-order valence-corrected chi connectivity index (χ2v) is 7.63. The van der Waals surface area contributed by atoms with Crippen LogP contribution in [0, 0.1) is 3.57 Å². The summed E-state index contributed by atoms with van der Waals surface area (Å²) in [6, 6.07) is 3.70. The van der Waals surface area contributed by atoms with Crippen LogP contribution in [0.3, 0.4) is 0 Å². The van der Waals surface area contributed by atoms with Gasteiger partial charge in [0.25, 0.3) is 5.56 Å². The van der Waals surface area contributed by atoms with Gasteiger partial charge in [0.2, 0.25) is 0 Å². The van der Waals surface area contributed by atoms with Crippen molar-refractivity contribution in [3.63, 3.8) is 0 Å². The Labute approximate surface area is 167 Å². The first-order valence-electron chi connectivity index (χ1n) is 8.57. The number of hydrogen-bond acceptors (Lipinski definition) is 6. The van der Waals surface area contributed by atoms with E-state index >= 15 is 0 Å². The lowest BCUT2D eigenvalue weighted by Gasteiger charge is -2.34. The van der Waals surface area contributed by atoms with Crippen molar-refractivity contribution < 1.29 is 0 Å². The molecule has 2 atom stereocenters. The van der Waals surface area contributed by atoms with Crippen molar-refractivity contribution in [2.45, 2.75) is 24.7 Å². The summed E-state index contributed by atoms with van der Waals surface area (Å²) < 4.78 is 2.66. The molecule has 0 saturated heterocycles. The first-order valence-corrected chi connectivity index (χ1v) is 9.65. The topological polar surface area (TPSA) is 102 Å². The zero-order valence-electron chi connectivity index (χ0n) is 14.1. The summed E-state index contributed by atoms with van der Waals surface area (Å²) >= 11 is 2.22. The van der Waals surface area contributed by atoms with Crippen molar-refractivity contribution in [1.82, 2.24) is 34.7 Å². The Hall–Kier alpha value is -2.69. The Morgan fingerprint density at radius 2 is 1.93 bits per heavy atom. The molecular formula is C18H14IN7O. The van der Waals surface area contributed by atoms with Crippen LogP contribution in [0.4, 0.5) is 0 Å². The fourth-order valence-corrected chi connectivity index (χ4v) is 3.98. The maximum absolute atomic E-state index is 12.6. The maximum atomic E-state index is 12.6. The van der Waals surface area contributed by atoms with Crippen molar-refractivity contribution >= 4 is 33.6 Å². The number of aromatic nitrogens is 7. The zero-order valence-corrected chi connectivity index (χ0v) is 16.2. The van der Waals surface area contributed by atoms with E-state index in [-0.39, 0.29) is 17.4 Å². The number of H-pyrrole nitrogens is 1. The van der Waals surface area contributed by atoms with Crippen LogP contribution in [0.1, 0.15) is 36.3 Å². The molecule has 4 heterocycles. The SMILES string of the molecule is O=c1[nH]c([C@H]2CC[C@H]2c2ncccn2)nc2c1cnn2-c1cnccc1I. The second kappa shape index (κ2) is 6.48. The van der Waals surface area contributed by atoms with Gasteiger partial charge in [0.05, 0.1) is 18.1 Å². The standard InChI is InChI=1S/C18H14IN7O/c19-13-4-7-20-9-14(13)26-17-12(8-23-26)18(27)25-16(24-17)11-3-2-10(11)15-21-5-1-6-22-15/h1,4-11H,2-3H2,(H,24,25,27)/t10-,11+/m1/s1. The van der Waals surface area contributed by atoms with Crippen molar-refractivity contribution in [1.29, 1.82) is 0 Å². The summed E-state index contributed by atoms with van der Waals surface area (Å²) in [7, 11) is 0. The second-order valence-electron chi connectivity index (χ2n) is 6.47. The van der Waals surface area contributed by atoms with Crippen molar-refractivity contribution in [3.05, 3.63) is 68.7 Å². The first-order chi connectivity index (χ1) is 13.2. The van der Waals surface area contributed by atoms with Crippen LogP contribution in [0.25, 0.3) is 16.7 Å². The summed E-state index contributed by atoms with van der Waals surface area (Å²) in [6.07, 6.45) is 10.4. The molecule has 8 nitrogen and oxygen atoms in total. The van der Waals surface area contributed by atoms with Crippen LogP contribution in [-0.2, 0) is 0 Å². The average molecular weight is 471 g/mol. The maximum Gasteiger partial charge on any atom is 0.262 e. The molecule has 1 saturated carbocycles. The lowest BCUT2D eigenvalue weighted by atomic mass is 9.72. The predicted octanol–water partition coefficient (Wildman–Crippen LogP) is 2.56. The minimum absolute atomic E-state index is 0.0980. The van der Waals surface area contributed by atoms with E-state index in [1.165, 1.54) is 0 Å². The van der Waals surface area contributed by atoms with Crippen LogP contribution in [0.2, 0.25) is 0 Å². The molecule has 1 fully saturated rings. The smallest absolute Gasteiger partial charge is 0.262 e. The van der Waals surface area contributed by atoms with E-state index in [1.54, 1.807) is 41.7 Å². The quantitative estimate of drug-likeness (QED) is 0.461. The third-order valence-corrected chi connectivity index (χ3v) is 5.89. The van der Waals surface area contributed by atoms with Gasteiger partial charge in [0.1, 0.15) is 17.0 Å². The monoisotopic (exact) mass is 471 g/mol. The molecule has 0 aromatic carbocycles. The largest absolute Gasteiger partial charge is 0.310 e. The molecule has 1 aliphatic carbocycles. The predicted molar refractivity (Wildman–Crippen MR) is 107 cm³/mol. The van der Waals surface area contributed by atoms with E-state index in [4.69, 9.17) is 4.98 Å². The summed E-state index contributed by atoms with van der Waals surface area (Å²) in [6.45, 7) is 0. The van der Waals surface area contributed by atoms with E-state index in [2.05, 4.69) is 47.6 Å². The summed E-state index contributed by atoms with van der Waals surface area (Å²) in [5.41, 5.74) is 1.16. The lowest BCUT2D eigenvalue weighted by molar-refractivity contribution is 0.319. The van der Waals surface area contributed by atoms with Gasteiger partial charge in [-0.25, -0.2) is 19.6 Å². The Morgan fingerprint density at radius 1 is 1.11 bits per heavy atom. The molecular weight excluding hydrogens is 457 g/mol. The number of nitrogens with zero attached hydrogens (tertiary/aromatic N) is 6. The van der Waals surface area contributed by atoms with Gasteiger partial charge in [-0.05, 0) is 47.6 Å². The highest BCUT2D eigenvalue weighted by Gasteiger charge is 2.37. The lowest BCUT2D eigenvalue weighted by Crippen LogP contribution is -2.27. The molecule has 0 amide bonds. The molecule has 0 unspecified atom stereocenters. The fraction of sp³-hybridized carbons (Fsp3) is 0.222. The molecule has 5 rings (SSSR count). The minimum atomic E-state index is -0.181. The summed E-state index contributed by atoms with van der Waals surface area (Å²) in [5, 5.41) is 4.84. The van der Waals surface area contributed by atoms with Crippen LogP contribution in [0.5, 0.6) is 0 Å². The highest BCUT2D eigenvalue weighted by atomic mass is 127. The number of pyridine rings is 1. The number of aromatic amines is 1. The van der Waals surface area contributed by atoms with Crippen molar-refractivity contribution in [2.75, 3.05) is 0 Å². The van der Waals surface area contributed by atoms with Gasteiger partial charge < -0.3 is 4.98 Å². The van der Waals surface area contributed by atoms with Gasteiger partial charge >= 0.3 is 0 Å². The molecule has 27 heavy (non-hydrogen) atoms. The molecule has 0 radical (unpaired) electrons. The molecule has 4 aromatic rings. The molecule has 0 aliphatic heterocycles. The zero-order chi connectivity index (χ0) is 18.4. The Balaban J connectivity index is 1.62. The number of fused-ring (bicyclic) bond motifs is 1. The molecule has 4 aromatic heterocycles. The van der Waals surface area contributed by atoms with Crippen LogP contribution >= 0.6 is 22.6 Å². The number of rotatable bonds is 3. The average Bonchev–Trinajstić information content (AvgIpc) is 3.06. The van der Waals surface area contributed by atoms with Crippen LogP contribution < -0.4 is 5.56 Å². The minimum Gasteiger partial charge on any atom is -0.310 e. The van der Waals surface area contributed by atoms with E-state index in [0.717, 1.165) is 27.9 Å². The molecule has 1 N–H and O–H groups in total. The first kappa shape index (κ1) is 16.5. The fourth-order valence-electron chi connectivity index (χ4n) is 3.45. The Morgan fingerprint density at radius 3 is 2.67 bits per heavy atom.